The lowest BCUT2D eigenvalue weighted by molar-refractivity contribution is 0.434. The van der Waals surface area contributed by atoms with Crippen molar-refractivity contribution in [3.63, 3.8) is 0 Å². The summed E-state index contributed by atoms with van der Waals surface area (Å²) in [6.45, 7) is 5.38. The smallest absolute Gasteiger partial charge is 0.0126 e. The quantitative estimate of drug-likeness (QED) is 0.434. The van der Waals surface area contributed by atoms with Crippen LogP contribution in [0.15, 0.2) is 0 Å². The normalized spacial score (nSPS) is 13.7. The number of hydrazine groups is 1. The van der Waals surface area contributed by atoms with Crippen LogP contribution in [0.2, 0.25) is 0 Å². The van der Waals surface area contributed by atoms with Gasteiger partial charge in [0.1, 0.15) is 0 Å². The Bertz CT molecular complexity index is 48.9. The van der Waals surface area contributed by atoms with Crippen molar-refractivity contribution >= 4 is 0 Å². The van der Waals surface area contributed by atoms with Crippen molar-refractivity contribution in [2.45, 2.75) is 33.1 Å². The summed E-state index contributed by atoms with van der Waals surface area (Å²) >= 11 is 0. The van der Waals surface area contributed by atoms with E-state index in [4.69, 9.17) is 5.84 Å². The molecule has 0 bridgehead atoms. The van der Waals surface area contributed by atoms with Gasteiger partial charge in [-0.25, -0.2) is 0 Å². The zero-order valence-electron chi connectivity index (χ0n) is 6.48. The Morgan fingerprint density at radius 1 is 1.44 bits per heavy atom. The van der Waals surface area contributed by atoms with Crippen LogP contribution in [0.25, 0.3) is 0 Å². The van der Waals surface area contributed by atoms with E-state index in [0.29, 0.717) is 0 Å². The minimum absolute atomic E-state index is 0.778. The number of hydrogen-bond donors (Lipinski definition) is 2. The molecule has 9 heavy (non-hydrogen) atoms. The summed E-state index contributed by atoms with van der Waals surface area (Å²) in [4.78, 5) is 0. The first-order valence-electron chi connectivity index (χ1n) is 3.78. The maximum absolute atomic E-state index is 5.19. The molecule has 0 fully saturated rings. The van der Waals surface area contributed by atoms with E-state index in [0.717, 1.165) is 12.5 Å². The molecule has 0 radical (unpaired) electrons. The lowest BCUT2D eigenvalue weighted by Crippen LogP contribution is -2.28. The molecule has 0 aromatic heterocycles. The third kappa shape index (κ3) is 4.43. The van der Waals surface area contributed by atoms with E-state index in [2.05, 4.69) is 19.3 Å². The molecule has 2 nitrogen and oxygen atoms in total. The molecule has 0 aliphatic carbocycles. The van der Waals surface area contributed by atoms with Crippen LogP contribution in [0.3, 0.4) is 0 Å². The van der Waals surface area contributed by atoms with Gasteiger partial charge in [-0.2, -0.15) is 0 Å². The molecule has 0 aliphatic rings. The lowest BCUT2D eigenvalue weighted by atomic mass is 10.0. The van der Waals surface area contributed by atoms with Crippen molar-refractivity contribution in [3.05, 3.63) is 0 Å². The third-order valence-electron chi connectivity index (χ3n) is 1.68. The largest absolute Gasteiger partial charge is 0.271 e. The zero-order chi connectivity index (χ0) is 7.11. The Kier molecular flexibility index (Phi) is 5.99. The average Bonchev–Trinajstić information content (AvgIpc) is 1.88. The molecule has 0 saturated heterocycles. The molecule has 56 valence electrons. The van der Waals surface area contributed by atoms with Crippen LogP contribution in [0.5, 0.6) is 0 Å². The van der Waals surface area contributed by atoms with E-state index >= 15 is 0 Å². The number of nitrogens with two attached hydrogens (primary N) is 1. The first-order chi connectivity index (χ1) is 4.35. The van der Waals surface area contributed by atoms with Gasteiger partial charge in [0.25, 0.3) is 0 Å². The highest BCUT2D eigenvalue weighted by molar-refractivity contribution is 4.56. The van der Waals surface area contributed by atoms with Crippen LogP contribution in [0.4, 0.5) is 0 Å². The standard InChI is InChI=1S/C7H18N2/c1-3-5-7(4-2)6-9-8/h7,9H,3-6,8H2,1-2H3/t7-/m1/s1. The monoisotopic (exact) mass is 130 g/mol. The van der Waals surface area contributed by atoms with Crippen molar-refractivity contribution in [1.82, 2.24) is 5.43 Å². The summed E-state index contributed by atoms with van der Waals surface area (Å²) in [5.74, 6) is 5.96. The minimum Gasteiger partial charge on any atom is -0.271 e. The van der Waals surface area contributed by atoms with Crippen molar-refractivity contribution < 1.29 is 0 Å². The van der Waals surface area contributed by atoms with Crippen LogP contribution >= 0.6 is 0 Å². The summed E-state index contributed by atoms with van der Waals surface area (Å²) in [6, 6.07) is 0. The fraction of sp³-hybridized carbons (Fsp3) is 1.00. The van der Waals surface area contributed by atoms with Crippen LogP contribution in [-0.4, -0.2) is 6.54 Å². The predicted octanol–water partition coefficient (Wildman–Crippen LogP) is 1.28. The molecular formula is C7H18N2. The Morgan fingerprint density at radius 3 is 2.44 bits per heavy atom. The highest BCUT2D eigenvalue weighted by Crippen LogP contribution is 2.07. The Balaban J connectivity index is 3.18. The number of hydrogen-bond acceptors (Lipinski definition) is 2. The van der Waals surface area contributed by atoms with Crippen molar-refractivity contribution in [2.75, 3.05) is 6.54 Å². The predicted molar refractivity (Wildman–Crippen MR) is 40.9 cm³/mol. The van der Waals surface area contributed by atoms with Crippen LogP contribution in [0, 0.1) is 5.92 Å². The fourth-order valence-corrected chi connectivity index (χ4v) is 1.03. The second-order valence-electron chi connectivity index (χ2n) is 2.47. The lowest BCUT2D eigenvalue weighted by Gasteiger charge is -2.11. The van der Waals surface area contributed by atoms with Gasteiger partial charge >= 0.3 is 0 Å². The molecule has 3 N–H and O–H groups in total. The molecule has 0 unspecified atom stereocenters. The van der Waals surface area contributed by atoms with E-state index in [1.807, 2.05) is 0 Å². The second kappa shape index (κ2) is 6.05. The molecule has 0 aromatic rings. The van der Waals surface area contributed by atoms with Crippen molar-refractivity contribution in [3.8, 4) is 0 Å². The van der Waals surface area contributed by atoms with E-state index in [1.54, 1.807) is 0 Å². The highest BCUT2D eigenvalue weighted by Gasteiger charge is 2.01. The summed E-state index contributed by atoms with van der Waals surface area (Å²) in [5, 5.41) is 0. The highest BCUT2D eigenvalue weighted by atomic mass is 15.2. The summed E-state index contributed by atoms with van der Waals surface area (Å²) < 4.78 is 0. The van der Waals surface area contributed by atoms with Gasteiger partial charge in [0.2, 0.25) is 0 Å². The maximum atomic E-state index is 5.19. The van der Waals surface area contributed by atoms with Crippen LogP contribution in [-0.2, 0) is 0 Å². The fourth-order valence-electron chi connectivity index (χ4n) is 1.03. The maximum Gasteiger partial charge on any atom is 0.0126 e. The van der Waals surface area contributed by atoms with Gasteiger partial charge in [-0.05, 0) is 12.3 Å². The van der Waals surface area contributed by atoms with Gasteiger partial charge in [-0.1, -0.05) is 26.7 Å². The van der Waals surface area contributed by atoms with Gasteiger partial charge < -0.3 is 0 Å². The van der Waals surface area contributed by atoms with Gasteiger partial charge in [0, 0.05) is 6.54 Å². The Morgan fingerprint density at radius 2 is 2.11 bits per heavy atom. The van der Waals surface area contributed by atoms with Gasteiger partial charge in [0.05, 0.1) is 0 Å². The molecular weight excluding hydrogens is 112 g/mol. The minimum atomic E-state index is 0.778. The van der Waals surface area contributed by atoms with E-state index < -0.39 is 0 Å². The number of rotatable bonds is 5. The molecule has 0 amide bonds. The number of nitrogens with one attached hydrogen (secondary N) is 1. The molecule has 0 heterocycles. The molecule has 0 saturated carbocycles. The van der Waals surface area contributed by atoms with Gasteiger partial charge in [0.15, 0.2) is 0 Å². The summed E-state index contributed by atoms with van der Waals surface area (Å²) in [6.07, 6.45) is 3.79. The molecule has 0 aliphatic heterocycles. The van der Waals surface area contributed by atoms with E-state index in [-0.39, 0.29) is 0 Å². The molecule has 0 spiro atoms. The van der Waals surface area contributed by atoms with Gasteiger partial charge in [-0.3, -0.25) is 11.3 Å². The molecule has 0 rings (SSSR count). The first-order valence-corrected chi connectivity index (χ1v) is 3.78. The molecule has 0 aromatic carbocycles. The summed E-state index contributed by atoms with van der Waals surface area (Å²) in [5.41, 5.74) is 2.70. The Hall–Kier alpha value is -0.0800. The van der Waals surface area contributed by atoms with Crippen molar-refractivity contribution in [1.29, 1.82) is 0 Å². The Labute approximate surface area is 57.8 Å². The summed E-state index contributed by atoms with van der Waals surface area (Å²) in [7, 11) is 0. The van der Waals surface area contributed by atoms with Crippen molar-refractivity contribution in [2.24, 2.45) is 11.8 Å². The average molecular weight is 130 g/mol. The third-order valence-corrected chi connectivity index (χ3v) is 1.68. The van der Waals surface area contributed by atoms with E-state index in [9.17, 15) is 0 Å². The SMILES string of the molecule is CCC[C@@H](CC)CNN. The van der Waals surface area contributed by atoms with E-state index in [1.165, 1.54) is 19.3 Å². The zero-order valence-corrected chi connectivity index (χ0v) is 6.48. The second-order valence-corrected chi connectivity index (χ2v) is 2.47. The first kappa shape index (κ1) is 8.92. The molecule has 2 heteroatoms. The van der Waals surface area contributed by atoms with Crippen LogP contribution in [0.1, 0.15) is 33.1 Å². The topological polar surface area (TPSA) is 38.0 Å². The van der Waals surface area contributed by atoms with Crippen LogP contribution < -0.4 is 11.3 Å². The van der Waals surface area contributed by atoms with Gasteiger partial charge in [-0.15, -0.1) is 0 Å². The molecule has 1 atom stereocenters.